The fourth-order valence-corrected chi connectivity index (χ4v) is 3.81. The zero-order valence-electron chi connectivity index (χ0n) is 14.3. The summed E-state index contributed by atoms with van der Waals surface area (Å²) in [7, 11) is 0. The number of hydrogen-bond acceptors (Lipinski definition) is 2. The van der Waals surface area contributed by atoms with Crippen molar-refractivity contribution in [2.75, 3.05) is 6.61 Å². The zero-order chi connectivity index (χ0) is 16.9. The van der Waals surface area contributed by atoms with E-state index in [4.69, 9.17) is 0 Å². The molecule has 0 spiro atoms. The molecule has 0 unspecified atom stereocenters. The lowest BCUT2D eigenvalue weighted by Gasteiger charge is -2.21. The summed E-state index contributed by atoms with van der Waals surface area (Å²) >= 11 is 0. The Hall–Kier alpha value is -2.06. The molecule has 3 rings (SSSR count). The van der Waals surface area contributed by atoms with E-state index in [0.717, 1.165) is 12.0 Å². The summed E-state index contributed by atoms with van der Waals surface area (Å²) in [6.07, 6.45) is 5.69. The summed E-state index contributed by atoms with van der Waals surface area (Å²) in [5.74, 6) is 0.842. The van der Waals surface area contributed by atoms with E-state index in [1.165, 1.54) is 48.0 Å². The van der Waals surface area contributed by atoms with Crippen LogP contribution in [0.25, 0.3) is 5.57 Å². The molecule has 0 aromatic heterocycles. The Morgan fingerprint density at radius 3 is 2.00 bits per heavy atom. The van der Waals surface area contributed by atoms with Gasteiger partial charge >= 0.3 is 0 Å². The highest BCUT2D eigenvalue weighted by atomic mass is 16.3. The SMILES string of the molecule is Cc1ccc(/C(=C(/CCO)C2CCCC2)c2ccc(O)cc2)cc1. The standard InChI is InChI=1S/C22H26O2/c1-16-6-8-18(9-7-16)22(19-10-12-20(24)13-11-19)21(14-15-23)17-4-2-3-5-17/h6-13,17,23-24H,2-5,14-15H2,1H3/b22-21+. The minimum atomic E-state index is 0.180. The third kappa shape index (κ3) is 3.70. The Bertz CT molecular complexity index is 642. The molecular formula is C22H26O2. The summed E-state index contributed by atoms with van der Waals surface area (Å²) in [6.45, 7) is 2.28. The van der Waals surface area contributed by atoms with Gasteiger partial charge < -0.3 is 10.2 Å². The topological polar surface area (TPSA) is 40.5 Å². The molecule has 2 aromatic carbocycles. The lowest BCUT2D eigenvalue weighted by atomic mass is 9.84. The highest BCUT2D eigenvalue weighted by molar-refractivity contribution is 5.82. The van der Waals surface area contributed by atoms with E-state index >= 15 is 0 Å². The van der Waals surface area contributed by atoms with Gasteiger partial charge in [0.15, 0.2) is 0 Å². The number of rotatable bonds is 5. The van der Waals surface area contributed by atoms with Gasteiger partial charge in [-0.05, 0) is 60.9 Å². The van der Waals surface area contributed by atoms with Crippen molar-refractivity contribution in [3.05, 3.63) is 70.8 Å². The number of aliphatic hydroxyl groups excluding tert-OH is 1. The van der Waals surface area contributed by atoms with E-state index in [-0.39, 0.29) is 12.4 Å². The molecule has 2 heteroatoms. The van der Waals surface area contributed by atoms with Gasteiger partial charge in [-0.15, -0.1) is 0 Å². The van der Waals surface area contributed by atoms with Gasteiger partial charge in [0.25, 0.3) is 0 Å². The van der Waals surface area contributed by atoms with Crippen LogP contribution in [0.1, 0.15) is 48.8 Å². The first-order valence-corrected chi connectivity index (χ1v) is 8.89. The maximum absolute atomic E-state index is 9.65. The van der Waals surface area contributed by atoms with Crippen LogP contribution in [0.15, 0.2) is 54.1 Å². The van der Waals surface area contributed by atoms with E-state index in [9.17, 15) is 10.2 Å². The van der Waals surface area contributed by atoms with Crippen LogP contribution in [0.5, 0.6) is 5.75 Å². The number of aromatic hydroxyl groups is 1. The normalized spacial score (nSPS) is 16.2. The first-order chi connectivity index (χ1) is 11.7. The second kappa shape index (κ2) is 7.67. The van der Waals surface area contributed by atoms with E-state index in [0.29, 0.717) is 5.92 Å². The van der Waals surface area contributed by atoms with Gasteiger partial charge in [-0.3, -0.25) is 0 Å². The third-order valence-corrected chi connectivity index (χ3v) is 5.05. The summed E-state index contributed by atoms with van der Waals surface area (Å²) < 4.78 is 0. The smallest absolute Gasteiger partial charge is 0.115 e. The summed E-state index contributed by atoms with van der Waals surface area (Å²) in [5, 5.41) is 19.3. The van der Waals surface area contributed by atoms with Crippen LogP contribution in [-0.2, 0) is 0 Å². The van der Waals surface area contributed by atoms with E-state index in [2.05, 4.69) is 31.2 Å². The molecule has 2 aromatic rings. The van der Waals surface area contributed by atoms with Crippen molar-refractivity contribution in [2.45, 2.75) is 39.0 Å². The molecule has 2 N–H and O–H groups in total. The van der Waals surface area contributed by atoms with Crippen molar-refractivity contribution in [1.82, 2.24) is 0 Å². The highest BCUT2D eigenvalue weighted by Gasteiger charge is 2.23. The first kappa shape index (κ1) is 16.8. The number of hydrogen-bond donors (Lipinski definition) is 2. The average Bonchev–Trinajstić information content (AvgIpc) is 3.12. The number of aryl methyl sites for hydroxylation is 1. The van der Waals surface area contributed by atoms with Crippen molar-refractivity contribution in [2.24, 2.45) is 5.92 Å². The van der Waals surface area contributed by atoms with Gasteiger partial charge in [-0.2, -0.15) is 0 Å². The minimum Gasteiger partial charge on any atom is -0.508 e. The first-order valence-electron chi connectivity index (χ1n) is 8.89. The number of benzene rings is 2. The predicted octanol–water partition coefficient (Wildman–Crippen LogP) is 5.08. The fourth-order valence-electron chi connectivity index (χ4n) is 3.81. The van der Waals surface area contributed by atoms with Crippen LogP contribution in [0.3, 0.4) is 0 Å². The van der Waals surface area contributed by atoms with Gasteiger partial charge in [0.2, 0.25) is 0 Å². The van der Waals surface area contributed by atoms with Crippen molar-refractivity contribution in [1.29, 1.82) is 0 Å². The van der Waals surface area contributed by atoms with Crippen molar-refractivity contribution in [3.63, 3.8) is 0 Å². The third-order valence-electron chi connectivity index (χ3n) is 5.05. The van der Waals surface area contributed by atoms with Gasteiger partial charge in [0.1, 0.15) is 5.75 Å². The monoisotopic (exact) mass is 322 g/mol. The van der Waals surface area contributed by atoms with Crippen LogP contribution in [0.2, 0.25) is 0 Å². The molecule has 0 amide bonds. The maximum Gasteiger partial charge on any atom is 0.115 e. The number of aliphatic hydroxyl groups is 1. The largest absolute Gasteiger partial charge is 0.508 e. The van der Waals surface area contributed by atoms with Crippen LogP contribution in [0.4, 0.5) is 0 Å². The second-order valence-electron chi connectivity index (χ2n) is 6.77. The summed E-state index contributed by atoms with van der Waals surface area (Å²) in [5.41, 5.74) is 6.16. The highest BCUT2D eigenvalue weighted by Crippen LogP contribution is 2.39. The summed E-state index contributed by atoms with van der Waals surface area (Å²) in [6, 6.07) is 16.1. The average molecular weight is 322 g/mol. The van der Waals surface area contributed by atoms with Crippen LogP contribution in [0, 0.1) is 12.8 Å². The molecule has 2 nitrogen and oxygen atoms in total. The Labute approximate surface area is 144 Å². The van der Waals surface area contributed by atoms with E-state index in [1.54, 1.807) is 12.1 Å². The van der Waals surface area contributed by atoms with Crippen molar-refractivity contribution >= 4 is 5.57 Å². The lowest BCUT2D eigenvalue weighted by Crippen LogP contribution is -2.06. The molecule has 1 fully saturated rings. The molecular weight excluding hydrogens is 296 g/mol. The van der Waals surface area contributed by atoms with Crippen LogP contribution in [-0.4, -0.2) is 16.8 Å². The van der Waals surface area contributed by atoms with Crippen molar-refractivity contribution in [3.8, 4) is 5.75 Å². The predicted molar refractivity (Wildman–Crippen MR) is 99.0 cm³/mol. The molecule has 1 aliphatic rings. The van der Waals surface area contributed by atoms with E-state index < -0.39 is 0 Å². The Morgan fingerprint density at radius 2 is 1.46 bits per heavy atom. The van der Waals surface area contributed by atoms with Crippen LogP contribution < -0.4 is 0 Å². The maximum atomic E-state index is 9.65. The number of phenolic OH excluding ortho intramolecular Hbond substituents is 1. The Morgan fingerprint density at radius 1 is 0.917 bits per heavy atom. The molecule has 1 aliphatic carbocycles. The fraction of sp³-hybridized carbons (Fsp3) is 0.364. The molecule has 0 radical (unpaired) electrons. The molecule has 24 heavy (non-hydrogen) atoms. The van der Waals surface area contributed by atoms with Crippen LogP contribution >= 0.6 is 0 Å². The second-order valence-corrected chi connectivity index (χ2v) is 6.77. The molecule has 126 valence electrons. The van der Waals surface area contributed by atoms with E-state index in [1.807, 2.05) is 12.1 Å². The lowest BCUT2D eigenvalue weighted by molar-refractivity contribution is 0.294. The summed E-state index contributed by atoms with van der Waals surface area (Å²) in [4.78, 5) is 0. The molecule has 0 aliphatic heterocycles. The van der Waals surface area contributed by atoms with Gasteiger partial charge in [0.05, 0.1) is 0 Å². The zero-order valence-corrected chi connectivity index (χ0v) is 14.3. The number of phenols is 1. The van der Waals surface area contributed by atoms with Gasteiger partial charge in [-0.25, -0.2) is 0 Å². The molecule has 0 atom stereocenters. The van der Waals surface area contributed by atoms with Gasteiger partial charge in [0, 0.05) is 6.61 Å². The molecule has 0 bridgehead atoms. The van der Waals surface area contributed by atoms with Gasteiger partial charge in [-0.1, -0.05) is 60.4 Å². The molecule has 1 saturated carbocycles. The minimum absolute atomic E-state index is 0.180. The molecule has 0 heterocycles. The Kier molecular flexibility index (Phi) is 5.37. The Balaban J connectivity index is 2.16. The quantitative estimate of drug-likeness (QED) is 0.806. The van der Waals surface area contributed by atoms with Crippen molar-refractivity contribution < 1.29 is 10.2 Å². The molecule has 0 saturated heterocycles.